The molecule has 0 saturated carbocycles. The number of nitrogens with zero attached hydrogens (tertiary/aromatic N) is 4. The molecule has 0 atom stereocenters. The van der Waals surface area contributed by atoms with E-state index >= 15 is 0 Å². The largest absolute Gasteiger partial charge is 0.493 e. The van der Waals surface area contributed by atoms with Crippen LogP contribution in [0.4, 0.5) is 34.5 Å². The highest BCUT2D eigenvalue weighted by molar-refractivity contribution is 5.74. The summed E-state index contributed by atoms with van der Waals surface area (Å²) in [5.41, 5.74) is 4.74. The van der Waals surface area contributed by atoms with Crippen molar-refractivity contribution in [1.82, 2.24) is 14.9 Å². The van der Waals surface area contributed by atoms with Gasteiger partial charge in [-0.15, -0.1) is 0 Å². The third kappa shape index (κ3) is 5.26. The predicted molar refractivity (Wildman–Crippen MR) is 139 cm³/mol. The van der Waals surface area contributed by atoms with E-state index in [1.165, 1.54) is 5.69 Å². The van der Waals surface area contributed by atoms with E-state index in [2.05, 4.69) is 62.0 Å². The van der Waals surface area contributed by atoms with Crippen LogP contribution in [0.15, 0.2) is 42.6 Å². The molecule has 4 rings (SSSR count). The van der Waals surface area contributed by atoms with E-state index in [0.717, 1.165) is 48.8 Å². The van der Waals surface area contributed by atoms with Gasteiger partial charge in [0.15, 0.2) is 11.5 Å². The number of ether oxygens (including phenoxy) is 2. The molecule has 180 valence electrons. The third-order valence-electron chi connectivity index (χ3n) is 5.97. The maximum Gasteiger partial charge on any atom is 0.229 e. The van der Waals surface area contributed by atoms with Crippen LogP contribution in [0.3, 0.4) is 0 Å². The molecule has 3 aromatic rings. The Hall–Kier alpha value is -3.72. The van der Waals surface area contributed by atoms with Gasteiger partial charge in [-0.3, -0.25) is 0 Å². The van der Waals surface area contributed by atoms with Crippen LogP contribution in [0.25, 0.3) is 0 Å². The lowest BCUT2D eigenvalue weighted by Gasteiger charge is -2.34. The van der Waals surface area contributed by atoms with E-state index in [-0.39, 0.29) is 0 Å². The van der Waals surface area contributed by atoms with Crippen LogP contribution in [0.2, 0.25) is 0 Å². The number of rotatable bonds is 8. The van der Waals surface area contributed by atoms with Crippen LogP contribution in [0.5, 0.6) is 11.5 Å². The van der Waals surface area contributed by atoms with Crippen LogP contribution in [0.1, 0.15) is 5.56 Å². The Kier molecular flexibility index (Phi) is 7.22. The first-order chi connectivity index (χ1) is 16.5. The first-order valence-corrected chi connectivity index (χ1v) is 11.4. The Balaban J connectivity index is 1.49. The number of piperazine rings is 1. The maximum atomic E-state index is 5.49. The average Bonchev–Trinajstić information content (AvgIpc) is 2.86. The zero-order valence-corrected chi connectivity index (χ0v) is 20.5. The molecule has 1 saturated heterocycles. The van der Waals surface area contributed by atoms with Crippen molar-refractivity contribution in [2.45, 2.75) is 6.92 Å². The number of likely N-dealkylation sites (N-methyl/N-ethyl adjacent to an activating group) is 1. The number of anilines is 6. The molecular weight excluding hydrogens is 430 g/mol. The second kappa shape index (κ2) is 10.5. The van der Waals surface area contributed by atoms with Crippen LogP contribution in [-0.2, 0) is 0 Å². The van der Waals surface area contributed by atoms with Gasteiger partial charge in [0, 0.05) is 68.1 Å². The van der Waals surface area contributed by atoms with E-state index in [1.54, 1.807) is 20.4 Å². The lowest BCUT2D eigenvalue weighted by molar-refractivity contribution is 0.313. The van der Waals surface area contributed by atoms with Crippen molar-refractivity contribution in [3.63, 3.8) is 0 Å². The number of hydrogen-bond acceptors (Lipinski definition) is 9. The summed E-state index contributed by atoms with van der Waals surface area (Å²) in [6.07, 6.45) is 1.80. The summed E-state index contributed by atoms with van der Waals surface area (Å²) in [4.78, 5) is 13.9. The smallest absolute Gasteiger partial charge is 0.229 e. The molecule has 9 heteroatoms. The zero-order chi connectivity index (χ0) is 24.1. The minimum Gasteiger partial charge on any atom is -0.493 e. The molecule has 1 fully saturated rings. The second-order valence-electron chi connectivity index (χ2n) is 8.32. The molecule has 0 bridgehead atoms. The lowest BCUT2D eigenvalue weighted by atomic mass is 10.2. The Morgan fingerprint density at radius 3 is 2.29 bits per heavy atom. The summed E-state index contributed by atoms with van der Waals surface area (Å²) in [6.45, 7) is 6.23. The van der Waals surface area contributed by atoms with Gasteiger partial charge in [0.05, 0.1) is 19.9 Å². The number of aromatic nitrogens is 2. The molecule has 2 heterocycles. The van der Waals surface area contributed by atoms with E-state index in [1.807, 2.05) is 26.1 Å². The normalized spacial score (nSPS) is 14.0. The third-order valence-corrected chi connectivity index (χ3v) is 5.97. The summed E-state index contributed by atoms with van der Waals surface area (Å²) in [6, 6.07) is 12.3. The molecule has 0 spiro atoms. The monoisotopic (exact) mass is 463 g/mol. The molecule has 0 radical (unpaired) electrons. The highest BCUT2D eigenvalue weighted by Crippen LogP contribution is 2.39. The molecule has 9 nitrogen and oxygen atoms in total. The molecule has 2 aromatic carbocycles. The number of benzene rings is 2. The summed E-state index contributed by atoms with van der Waals surface area (Å²) in [5, 5.41) is 9.83. The van der Waals surface area contributed by atoms with Gasteiger partial charge < -0.3 is 35.2 Å². The Labute approximate surface area is 201 Å². The van der Waals surface area contributed by atoms with Crippen LogP contribution in [0, 0.1) is 6.92 Å². The van der Waals surface area contributed by atoms with Crippen LogP contribution in [-0.4, -0.2) is 69.4 Å². The van der Waals surface area contributed by atoms with Gasteiger partial charge in [-0.25, -0.2) is 4.98 Å². The lowest BCUT2D eigenvalue weighted by Crippen LogP contribution is -2.44. The standard InChI is InChI=1S/C25H33N7O2/c1-17-16-27-25(29-18-6-8-20(9-7-18)32-12-10-31(3)11-13-32)30-24(17)28-19-14-21(26-2)23(34-5)22(15-19)33-4/h6-9,14-16,26H,10-13H2,1-5H3,(H2,27,28,29,30). The van der Waals surface area contributed by atoms with Crippen molar-refractivity contribution in [3.05, 3.63) is 48.2 Å². The minimum absolute atomic E-state index is 0.523. The maximum absolute atomic E-state index is 5.49. The van der Waals surface area contributed by atoms with Crippen LogP contribution >= 0.6 is 0 Å². The topological polar surface area (TPSA) is 86.8 Å². The SMILES string of the molecule is CNc1cc(Nc2nc(Nc3ccc(N4CCN(C)CC4)cc3)ncc2C)cc(OC)c1OC. The Bertz CT molecular complexity index is 1090. The minimum atomic E-state index is 0.523. The molecule has 0 aliphatic carbocycles. The molecule has 1 aliphatic rings. The summed E-state index contributed by atoms with van der Waals surface area (Å²) in [5.74, 6) is 2.51. The van der Waals surface area contributed by atoms with Crippen molar-refractivity contribution in [1.29, 1.82) is 0 Å². The Morgan fingerprint density at radius 1 is 0.912 bits per heavy atom. The van der Waals surface area contributed by atoms with Gasteiger partial charge >= 0.3 is 0 Å². The fourth-order valence-electron chi connectivity index (χ4n) is 3.94. The van der Waals surface area contributed by atoms with E-state index < -0.39 is 0 Å². The molecule has 0 amide bonds. The fourth-order valence-corrected chi connectivity index (χ4v) is 3.94. The van der Waals surface area contributed by atoms with Gasteiger partial charge in [-0.2, -0.15) is 4.98 Å². The molecule has 0 unspecified atom stereocenters. The van der Waals surface area contributed by atoms with Crippen molar-refractivity contribution >= 4 is 34.5 Å². The van der Waals surface area contributed by atoms with Gasteiger partial charge in [0.1, 0.15) is 5.82 Å². The first-order valence-electron chi connectivity index (χ1n) is 11.4. The predicted octanol–water partition coefficient (Wildman–Crippen LogP) is 4.08. The molecule has 3 N–H and O–H groups in total. The van der Waals surface area contributed by atoms with Gasteiger partial charge in [0.2, 0.25) is 5.95 Å². The van der Waals surface area contributed by atoms with E-state index in [0.29, 0.717) is 23.3 Å². The van der Waals surface area contributed by atoms with Crippen molar-refractivity contribution in [2.75, 3.05) is 75.3 Å². The summed E-state index contributed by atoms with van der Waals surface area (Å²) < 4.78 is 11.0. The van der Waals surface area contributed by atoms with E-state index in [9.17, 15) is 0 Å². The zero-order valence-electron chi connectivity index (χ0n) is 20.5. The second-order valence-corrected chi connectivity index (χ2v) is 8.32. The van der Waals surface area contributed by atoms with Gasteiger partial charge in [0.25, 0.3) is 0 Å². The van der Waals surface area contributed by atoms with Crippen molar-refractivity contribution < 1.29 is 9.47 Å². The fraction of sp³-hybridized carbons (Fsp3) is 0.360. The first kappa shape index (κ1) is 23.4. The molecule has 34 heavy (non-hydrogen) atoms. The van der Waals surface area contributed by atoms with Crippen molar-refractivity contribution in [3.8, 4) is 11.5 Å². The van der Waals surface area contributed by atoms with Crippen LogP contribution < -0.4 is 30.3 Å². The number of nitrogens with one attached hydrogen (secondary N) is 3. The number of aryl methyl sites for hydroxylation is 1. The quantitative estimate of drug-likeness (QED) is 0.457. The molecular formula is C25H33N7O2. The summed E-state index contributed by atoms with van der Waals surface area (Å²) >= 11 is 0. The average molecular weight is 464 g/mol. The number of methoxy groups -OCH3 is 2. The van der Waals surface area contributed by atoms with Gasteiger partial charge in [-0.1, -0.05) is 0 Å². The van der Waals surface area contributed by atoms with Gasteiger partial charge in [-0.05, 0) is 44.3 Å². The van der Waals surface area contributed by atoms with E-state index in [4.69, 9.17) is 14.5 Å². The number of hydrogen-bond donors (Lipinski definition) is 3. The highest BCUT2D eigenvalue weighted by atomic mass is 16.5. The highest BCUT2D eigenvalue weighted by Gasteiger charge is 2.15. The Morgan fingerprint density at radius 2 is 1.65 bits per heavy atom. The molecule has 1 aromatic heterocycles. The van der Waals surface area contributed by atoms with Crippen molar-refractivity contribution in [2.24, 2.45) is 0 Å². The molecule has 1 aliphatic heterocycles. The summed E-state index contributed by atoms with van der Waals surface area (Å²) in [7, 11) is 7.25.